The smallest absolute Gasteiger partial charge is 0.242 e. The number of rotatable bonds is 13. The molecule has 0 unspecified atom stereocenters. The number of nitrogens with zero attached hydrogens (tertiary/aromatic N) is 2. The zero-order valence-corrected chi connectivity index (χ0v) is 22.4. The molecule has 1 N–H and O–H groups in total. The Morgan fingerprint density at radius 3 is 2.49 bits per heavy atom. The second kappa shape index (κ2) is 13.4. The van der Waals surface area contributed by atoms with Gasteiger partial charge in [0.05, 0.1) is 13.2 Å². The van der Waals surface area contributed by atoms with Crippen molar-refractivity contribution in [2.75, 3.05) is 33.4 Å². The third-order valence-corrected chi connectivity index (χ3v) is 7.66. The van der Waals surface area contributed by atoms with Crippen LogP contribution in [0.2, 0.25) is 0 Å². The first-order valence-corrected chi connectivity index (χ1v) is 13.7. The molecule has 6 heteroatoms. The van der Waals surface area contributed by atoms with Gasteiger partial charge in [0.15, 0.2) is 0 Å². The lowest BCUT2D eigenvalue weighted by atomic mass is 10.0. The standard InChI is InChI=1S/C31H41N3O3/c1-24-11-13-26(14-12-24)22-33(18-17-27-21-32-29-10-6-5-9-28(27)29)31(36)23-34(19-20-37-2)30(35)16-15-25-7-3-4-8-25/h5-6,9-14,21,25,32H,3-4,7-8,15-20,22-23H2,1-2H3. The number of carbonyl (C=O) groups is 2. The van der Waals surface area contributed by atoms with Crippen LogP contribution in [0, 0.1) is 12.8 Å². The van der Waals surface area contributed by atoms with Gasteiger partial charge >= 0.3 is 0 Å². The van der Waals surface area contributed by atoms with Crippen molar-refractivity contribution in [1.82, 2.24) is 14.8 Å². The fourth-order valence-electron chi connectivity index (χ4n) is 5.34. The molecule has 2 amide bonds. The Morgan fingerprint density at radius 2 is 1.73 bits per heavy atom. The van der Waals surface area contributed by atoms with Gasteiger partial charge in [-0.2, -0.15) is 0 Å². The van der Waals surface area contributed by atoms with Gasteiger partial charge in [0.25, 0.3) is 0 Å². The maximum Gasteiger partial charge on any atom is 0.242 e. The first-order chi connectivity index (χ1) is 18.0. The SMILES string of the molecule is COCCN(CC(=O)N(CCc1c[nH]c2ccccc12)Cc1ccc(C)cc1)C(=O)CCC1CCCC1. The van der Waals surface area contributed by atoms with E-state index in [4.69, 9.17) is 4.74 Å². The fraction of sp³-hybridized carbons (Fsp3) is 0.484. The van der Waals surface area contributed by atoms with Gasteiger partial charge in [0.2, 0.25) is 11.8 Å². The predicted octanol–water partition coefficient (Wildman–Crippen LogP) is 5.49. The van der Waals surface area contributed by atoms with E-state index in [-0.39, 0.29) is 18.4 Å². The molecule has 0 radical (unpaired) electrons. The van der Waals surface area contributed by atoms with E-state index in [1.807, 2.05) is 23.2 Å². The third kappa shape index (κ3) is 7.68. The van der Waals surface area contributed by atoms with Crippen LogP contribution in [0.15, 0.2) is 54.7 Å². The average molecular weight is 504 g/mol. The summed E-state index contributed by atoms with van der Waals surface area (Å²) < 4.78 is 5.26. The number of fused-ring (bicyclic) bond motifs is 1. The van der Waals surface area contributed by atoms with Crippen molar-refractivity contribution in [1.29, 1.82) is 0 Å². The van der Waals surface area contributed by atoms with Crippen molar-refractivity contribution in [3.63, 3.8) is 0 Å². The number of aromatic amines is 1. The molecule has 1 aromatic heterocycles. The Labute approximate surface area is 221 Å². The average Bonchev–Trinajstić information content (AvgIpc) is 3.58. The number of benzene rings is 2. The normalized spacial score (nSPS) is 13.8. The first-order valence-electron chi connectivity index (χ1n) is 13.7. The molecule has 1 heterocycles. The zero-order chi connectivity index (χ0) is 26.0. The summed E-state index contributed by atoms with van der Waals surface area (Å²) in [7, 11) is 1.63. The van der Waals surface area contributed by atoms with E-state index in [0.717, 1.165) is 23.9 Å². The summed E-state index contributed by atoms with van der Waals surface area (Å²) in [6, 6.07) is 16.6. The molecule has 0 aliphatic heterocycles. The number of hydrogen-bond donors (Lipinski definition) is 1. The highest BCUT2D eigenvalue weighted by Gasteiger charge is 2.23. The van der Waals surface area contributed by atoms with Crippen LogP contribution in [0.3, 0.4) is 0 Å². The molecule has 0 saturated heterocycles. The summed E-state index contributed by atoms with van der Waals surface area (Å²) in [5, 5.41) is 1.19. The van der Waals surface area contributed by atoms with Crippen molar-refractivity contribution in [3.8, 4) is 0 Å². The van der Waals surface area contributed by atoms with Crippen molar-refractivity contribution in [3.05, 3.63) is 71.4 Å². The third-order valence-electron chi connectivity index (χ3n) is 7.66. The van der Waals surface area contributed by atoms with Crippen LogP contribution in [0.25, 0.3) is 10.9 Å². The summed E-state index contributed by atoms with van der Waals surface area (Å²) >= 11 is 0. The number of para-hydroxylation sites is 1. The molecule has 1 fully saturated rings. The maximum atomic E-state index is 13.7. The van der Waals surface area contributed by atoms with E-state index in [0.29, 0.717) is 38.6 Å². The van der Waals surface area contributed by atoms with Crippen LogP contribution in [0.5, 0.6) is 0 Å². The van der Waals surface area contributed by atoms with E-state index in [2.05, 4.69) is 48.3 Å². The van der Waals surface area contributed by atoms with E-state index in [9.17, 15) is 9.59 Å². The van der Waals surface area contributed by atoms with Crippen LogP contribution in [-0.2, 0) is 27.3 Å². The Morgan fingerprint density at radius 1 is 0.973 bits per heavy atom. The molecule has 4 rings (SSSR count). The summed E-state index contributed by atoms with van der Waals surface area (Å²) in [6.07, 6.45) is 9.21. The number of amides is 2. The highest BCUT2D eigenvalue weighted by molar-refractivity contribution is 5.85. The van der Waals surface area contributed by atoms with Crippen LogP contribution in [0.1, 0.15) is 55.2 Å². The first kappa shape index (κ1) is 26.9. The number of aromatic nitrogens is 1. The number of aryl methyl sites for hydroxylation is 1. The summed E-state index contributed by atoms with van der Waals surface area (Å²) in [6.45, 7) is 4.13. The molecule has 3 aromatic rings. The number of carbonyl (C=O) groups excluding carboxylic acids is 2. The van der Waals surface area contributed by atoms with Gasteiger partial charge < -0.3 is 19.5 Å². The molecule has 1 saturated carbocycles. The number of methoxy groups -OCH3 is 1. The quantitative estimate of drug-likeness (QED) is 0.335. The second-order valence-corrected chi connectivity index (χ2v) is 10.4. The molecule has 0 bridgehead atoms. The molecule has 2 aromatic carbocycles. The largest absolute Gasteiger partial charge is 0.383 e. The van der Waals surface area contributed by atoms with Crippen molar-refractivity contribution < 1.29 is 14.3 Å². The Bertz CT molecular complexity index is 1150. The molecule has 0 spiro atoms. The molecular weight excluding hydrogens is 462 g/mol. The van der Waals surface area contributed by atoms with Gasteiger partial charge in [-0.05, 0) is 42.9 Å². The number of nitrogens with one attached hydrogen (secondary N) is 1. The highest BCUT2D eigenvalue weighted by Crippen LogP contribution is 2.28. The van der Waals surface area contributed by atoms with Crippen LogP contribution in [0.4, 0.5) is 0 Å². The lowest BCUT2D eigenvalue weighted by Crippen LogP contribution is -2.44. The van der Waals surface area contributed by atoms with Gasteiger partial charge in [-0.15, -0.1) is 0 Å². The summed E-state index contributed by atoms with van der Waals surface area (Å²) in [4.78, 5) is 33.7. The second-order valence-electron chi connectivity index (χ2n) is 10.4. The Hall–Kier alpha value is -3.12. The van der Waals surface area contributed by atoms with Crippen molar-refractivity contribution >= 4 is 22.7 Å². The van der Waals surface area contributed by atoms with Gasteiger partial charge in [0, 0.05) is 50.3 Å². The predicted molar refractivity (Wildman–Crippen MR) is 148 cm³/mol. The topological polar surface area (TPSA) is 65.6 Å². The van der Waals surface area contributed by atoms with Crippen molar-refractivity contribution in [2.24, 2.45) is 5.92 Å². The molecule has 1 aliphatic carbocycles. The van der Waals surface area contributed by atoms with Crippen LogP contribution in [-0.4, -0.2) is 59.9 Å². The van der Waals surface area contributed by atoms with E-state index in [1.165, 1.54) is 42.2 Å². The lowest BCUT2D eigenvalue weighted by molar-refractivity contribution is -0.141. The minimum Gasteiger partial charge on any atom is -0.383 e. The molecular formula is C31H41N3O3. The summed E-state index contributed by atoms with van der Waals surface area (Å²) in [5.41, 5.74) is 4.58. The number of ether oxygens (including phenoxy) is 1. The molecule has 198 valence electrons. The Balaban J connectivity index is 1.45. The monoisotopic (exact) mass is 503 g/mol. The molecule has 37 heavy (non-hydrogen) atoms. The van der Waals surface area contributed by atoms with Gasteiger partial charge in [-0.1, -0.05) is 73.7 Å². The van der Waals surface area contributed by atoms with Gasteiger partial charge in [-0.3, -0.25) is 9.59 Å². The van der Waals surface area contributed by atoms with E-state index >= 15 is 0 Å². The van der Waals surface area contributed by atoms with Crippen LogP contribution < -0.4 is 0 Å². The summed E-state index contributed by atoms with van der Waals surface area (Å²) in [5.74, 6) is 0.688. The zero-order valence-electron chi connectivity index (χ0n) is 22.4. The minimum absolute atomic E-state index is 0.0225. The van der Waals surface area contributed by atoms with E-state index in [1.54, 1.807) is 12.0 Å². The minimum atomic E-state index is -0.0225. The van der Waals surface area contributed by atoms with Gasteiger partial charge in [0.1, 0.15) is 0 Å². The molecule has 6 nitrogen and oxygen atoms in total. The number of H-pyrrole nitrogens is 1. The molecule has 0 atom stereocenters. The van der Waals surface area contributed by atoms with Gasteiger partial charge in [-0.25, -0.2) is 0 Å². The van der Waals surface area contributed by atoms with Crippen LogP contribution >= 0.6 is 0 Å². The number of hydrogen-bond acceptors (Lipinski definition) is 3. The lowest BCUT2D eigenvalue weighted by Gasteiger charge is -2.28. The Kier molecular flexibility index (Phi) is 9.78. The van der Waals surface area contributed by atoms with Crippen molar-refractivity contribution in [2.45, 2.75) is 58.4 Å². The highest BCUT2D eigenvalue weighted by atomic mass is 16.5. The fourth-order valence-corrected chi connectivity index (χ4v) is 5.34. The molecule has 1 aliphatic rings. The van der Waals surface area contributed by atoms with E-state index < -0.39 is 0 Å². The maximum absolute atomic E-state index is 13.7.